The van der Waals surface area contributed by atoms with Gasteiger partial charge in [0.2, 0.25) is 5.91 Å². The number of nitrogens with one attached hydrogen (secondary N) is 1. The smallest absolute Gasteiger partial charge is 0.323 e. The normalized spacial score (nSPS) is 18.4. The average molecular weight is 242 g/mol. The molecule has 0 aromatic heterocycles. The van der Waals surface area contributed by atoms with Crippen LogP contribution in [-0.2, 0) is 9.59 Å². The van der Waals surface area contributed by atoms with E-state index in [2.05, 4.69) is 5.32 Å². The van der Waals surface area contributed by atoms with Crippen molar-refractivity contribution in [3.05, 3.63) is 0 Å². The molecule has 0 aliphatic carbocycles. The first-order valence-corrected chi connectivity index (χ1v) is 5.97. The summed E-state index contributed by atoms with van der Waals surface area (Å²) in [6.07, 6.45) is 0. The minimum Gasteiger partial charge on any atom is -0.480 e. The third kappa shape index (κ3) is 3.43. The number of nitrogens with zero attached hydrogens (tertiary/aromatic N) is 1. The van der Waals surface area contributed by atoms with E-state index >= 15 is 0 Å². The lowest BCUT2D eigenvalue weighted by atomic mass is 9.87. The van der Waals surface area contributed by atoms with E-state index < -0.39 is 11.5 Å². The van der Waals surface area contributed by atoms with Crippen molar-refractivity contribution >= 4 is 11.9 Å². The van der Waals surface area contributed by atoms with Gasteiger partial charge in [0.25, 0.3) is 0 Å². The van der Waals surface area contributed by atoms with Gasteiger partial charge in [-0.05, 0) is 39.8 Å². The van der Waals surface area contributed by atoms with Crippen molar-refractivity contribution in [1.29, 1.82) is 0 Å². The molecular weight excluding hydrogens is 220 g/mol. The first kappa shape index (κ1) is 14.0. The van der Waals surface area contributed by atoms with Gasteiger partial charge >= 0.3 is 5.97 Å². The van der Waals surface area contributed by atoms with Gasteiger partial charge < -0.3 is 15.3 Å². The molecule has 17 heavy (non-hydrogen) atoms. The summed E-state index contributed by atoms with van der Waals surface area (Å²) in [6, 6.07) is 0. The van der Waals surface area contributed by atoms with Crippen LogP contribution in [0.5, 0.6) is 0 Å². The van der Waals surface area contributed by atoms with Gasteiger partial charge in [-0.1, -0.05) is 6.92 Å². The van der Waals surface area contributed by atoms with Crippen LogP contribution in [0.1, 0.15) is 27.7 Å². The summed E-state index contributed by atoms with van der Waals surface area (Å²) < 4.78 is 0. The molecule has 0 aromatic rings. The van der Waals surface area contributed by atoms with Crippen LogP contribution in [0.3, 0.4) is 0 Å². The van der Waals surface area contributed by atoms with Gasteiger partial charge in [0, 0.05) is 11.5 Å². The maximum absolute atomic E-state index is 12.3. The summed E-state index contributed by atoms with van der Waals surface area (Å²) in [5.74, 6) is -0.811. The number of carboxylic acids is 1. The molecule has 1 unspecified atom stereocenters. The minimum absolute atomic E-state index is 0.0635. The van der Waals surface area contributed by atoms with Crippen molar-refractivity contribution in [2.45, 2.75) is 33.2 Å². The van der Waals surface area contributed by atoms with Gasteiger partial charge in [-0.2, -0.15) is 0 Å². The second kappa shape index (κ2) is 5.04. The van der Waals surface area contributed by atoms with Crippen LogP contribution in [-0.4, -0.2) is 47.1 Å². The maximum atomic E-state index is 12.3. The van der Waals surface area contributed by atoms with E-state index in [9.17, 15) is 9.59 Å². The summed E-state index contributed by atoms with van der Waals surface area (Å²) in [7, 11) is 0. The van der Waals surface area contributed by atoms with Crippen molar-refractivity contribution in [2.24, 2.45) is 11.8 Å². The molecule has 1 aliphatic rings. The first-order valence-electron chi connectivity index (χ1n) is 5.97. The summed E-state index contributed by atoms with van der Waals surface area (Å²) >= 11 is 0. The predicted octanol–water partition coefficient (Wildman–Crippen LogP) is 0.554. The third-order valence-electron chi connectivity index (χ3n) is 3.28. The van der Waals surface area contributed by atoms with Gasteiger partial charge in [-0.3, -0.25) is 9.59 Å². The molecule has 1 fully saturated rings. The standard InChI is InChI=1S/C12H22N2O3/c1-8(9-5-13-6-9)11(17)14(7-10(15)16)12(2,3)4/h8-9,13H,5-7H2,1-4H3,(H,15,16). The van der Waals surface area contributed by atoms with Crippen molar-refractivity contribution in [3.63, 3.8) is 0 Å². The summed E-state index contributed by atoms with van der Waals surface area (Å²) in [5.41, 5.74) is -0.457. The van der Waals surface area contributed by atoms with E-state index in [-0.39, 0.29) is 18.4 Å². The van der Waals surface area contributed by atoms with Crippen molar-refractivity contribution < 1.29 is 14.7 Å². The van der Waals surface area contributed by atoms with Gasteiger partial charge in [0.05, 0.1) is 0 Å². The van der Waals surface area contributed by atoms with Crippen molar-refractivity contribution in [3.8, 4) is 0 Å². The molecule has 0 spiro atoms. The van der Waals surface area contributed by atoms with Crippen LogP contribution < -0.4 is 5.32 Å². The van der Waals surface area contributed by atoms with Crippen LogP contribution in [0.15, 0.2) is 0 Å². The highest BCUT2D eigenvalue weighted by atomic mass is 16.4. The number of hydrogen-bond donors (Lipinski definition) is 2. The van der Waals surface area contributed by atoms with Gasteiger partial charge in [0.15, 0.2) is 0 Å². The number of carbonyl (C=O) groups is 2. The Hall–Kier alpha value is -1.10. The zero-order valence-electron chi connectivity index (χ0n) is 11.0. The Morgan fingerprint density at radius 2 is 1.94 bits per heavy atom. The van der Waals surface area contributed by atoms with Gasteiger partial charge in [-0.15, -0.1) is 0 Å². The Kier molecular flexibility index (Phi) is 4.14. The van der Waals surface area contributed by atoms with E-state index in [0.29, 0.717) is 5.92 Å². The van der Waals surface area contributed by atoms with Crippen LogP contribution >= 0.6 is 0 Å². The van der Waals surface area contributed by atoms with Crippen LogP contribution in [0.25, 0.3) is 0 Å². The molecule has 0 aromatic carbocycles. The third-order valence-corrected chi connectivity index (χ3v) is 3.28. The molecule has 98 valence electrons. The van der Waals surface area contributed by atoms with Crippen LogP contribution in [0, 0.1) is 11.8 Å². The molecule has 1 atom stereocenters. The highest BCUT2D eigenvalue weighted by Gasteiger charge is 2.36. The molecule has 1 aliphatic heterocycles. The monoisotopic (exact) mass is 242 g/mol. The Labute approximate surface area is 102 Å². The highest BCUT2D eigenvalue weighted by molar-refractivity contribution is 5.83. The lowest BCUT2D eigenvalue weighted by Gasteiger charge is -2.40. The SMILES string of the molecule is CC(C(=O)N(CC(=O)O)C(C)(C)C)C1CNC1. The number of amides is 1. The van der Waals surface area contributed by atoms with Gasteiger partial charge in [0.1, 0.15) is 6.54 Å². The predicted molar refractivity (Wildman–Crippen MR) is 64.6 cm³/mol. The average Bonchev–Trinajstić information content (AvgIpc) is 2.08. The first-order chi connectivity index (χ1) is 7.73. The zero-order valence-corrected chi connectivity index (χ0v) is 11.0. The minimum atomic E-state index is -0.966. The molecule has 0 radical (unpaired) electrons. The molecule has 2 N–H and O–H groups in total. The zero-order chi connectivity index (χ0) is 13.2. The molecule has 5 heteroatoms. The quantitative estimate of drug-likeness (QED) is 0.755. The van der Waals surface area contributed by atoms with E-state index in [4.69, 9.17) is 5.11 Å². The number of rotatable bonds is 4. The largest absolute Gasteiger partial charge is 0.480 e. The van der Waals surface area contributed by atoms with E-state index in [1.54, 1.807) is 0 Å². The number of carbonyl (C=O) groups excluding carboxylic acids is 1. The summed E-state index contributed by atoms with van der Waals surface area (Å²) in [6.45, 7) is 8.93. The van der Waals surface area contributed by atoms with Gasteiger partial charge in [-0.25, -0.2) is 0 Å². The lowest BCUT2D eigenvalue weighted by Crippen LogP contribution is -2.55. The molecule has 0 bridgehead atoms. The van der Waals surface area contributed by atoms with Crippen LogP contribution in [0.4, 0.5) is 0 Å². The molecule has 0 saturated carbocycles. The second-order valence-corrected chi connectivity index (χ2v) is 5.70. The van der Waals surface area contributed by atoms with E-state index in [1.165, 1.54) is 4.90 Å². The molecule has 1 amide bonds. The number of hydrogen-bond acceptors (Lipinski definition) is 3. The topological polar surface area (TPSA) is 69.6 Å². The Morgan fingerprint density at radius 3 is 2.24 bits per heavy atom. The summed E-state index contributed by atoms with van der Waals surface area (Å²) in [5, 5.41) is 12.0. The molecular formula is C12H22N2O3. The Balaban J connectivity index is 2.74. The van der Waals surface area contributed by atoms with Crippen molar-refractivity contribution in [1.82, 2.24) is 10.2 Å². The molecule has 5 nitrogen and oxygen atoms in total. The Morgan fingerprint density at radius 1 is 1.41 bits per heavy atom. The fourth-order valence-corrected chi connectivity index (χ4v) is 1.89. The number of carboxylic acid groups (broad SMARTS) is 1. The highest BCUT2D eigenvalue weighted by Crippen LogP contribution is 2.23. The number of aliphatic carboxylic acids is 1. The fourth-order valence-electron chi connectivity index (χ4n) is 1.89. The van der Waals surface area contributed by atoms with E-state index in [0.717, 1.165) is 13.1 Å². The maximum Gasteiger partial charge on any atom is 0.323 e. The lowest BCUT2D eigenvalue weighted by molar-refractivity contribution is -0.151. The van der Waals surface area contributed by atoms with Crippen molar-refractivity contribution in [2.75, 3.05) is 19.6 Å². The Bertz CT molecular complexity index is 305. The fraction of sp³-hybridized carbons (Fsp3) is 0.833. The molecule has 1 heterocycles. The van der Waals surface area contributed by atoms with E-state index in [1.807, 2.05) is 27.7 Å². The van der Waals surface area contributed by atoms with Crippen LogP contribution in [0.2, 0.25) is 0 Å². The molecule has 1 saturated heterocycles. The summed E-state index contributed by atoms with van der Waals surface area (Å²) in [4.78, 5) is 24.6. The second-order valence-electron chi connectivity index (χ2n) is 5.70. The molecule has 1 rings (SSSR count).